The average Bonchev–Trinajstić information content (AvgIpc) is 2.84. The Balaban J connectivity index is 2.36. The van der Waals surface area contributed by atoms with Gasteiger partial charge in [-0.05, 0) is 6.07 Å². The molecule has 0 aliphatic heterocycles. The van der Waals surface area contributed by atoms with Crippen LogP contribution in [0, 0.1) is 0 Å². The molecule has 15 heavy (non-hydrogen) atoms. The maximum absolute atomic E-state index is 11.9. The van der Waals surface area contributed by atoms with Crippen molar-refractivity contribution < 1.29 is 9.21 Å². The summed E-state index contributed by atoms with van der Waals surface area (Å²) in [6.07, 6.45) is 3.66. The van der Waals surface area contributed by atoms with Crippen molar-refractivity contribution in [3.05, 3.63) is 35.5 Å². The van der Waals surface area contributed by atoms with Gasteiger partial charge < -0.3 is 4.42 Å². The molecule has 0 saturated carbocycles. The second-order valence-corrected chi connectivity index (χ2v) is 3.16. The Morgan fingerprint density at radius 1 is 1.60 bits per heavy atom. The second kappa shape index (κ2) is 3.68. The van der Waals surface area contributed by atoms with Gasteiger partial charge in [-0.3, -0.25) is 4.79 Å². The number of furan rings is 1. The summed E-state index contributed by atoms with van der Waals surface area (Å²) in [4.78, 5) is 13.3. The lowest BCUT2D eigenvalue weighted by molar-refractivity contribution is 0.103. The molecule has 0 aromatic carbocycles. The third-order valence-corrected chi connectivity index (χ3v) is 2.14. The van der Waals surface area contributed by atoms with Gasteiger partial charge in [-0.2, -0.15) is 15.0 Å². The van der Waals surface area contributed by atoms with Crippen LogP contribution < -0.4 is 0 Å². The van der Waals surface area contributed by atoms with Gasteiger partial charge in [0.25, 0.3) is 0 Å². The van der Waals surface area contributed by atoms with Crippen molar-refractivity contribution in [2.24, 2.45) is 7.05 Å². The van der Waals surface area contributed by atoms with Gasteiger partial charge in [-0.1, -0.05) is 6.92 Å². The first-order valence-corrected chi connectivity index (χ1v) is 4.69. The van der Waals surface area contributed by atoms with E-state index in [0.29, 0.717) is 23.4 Å². The number of carbonyl (C=O) groups is 1. The molecule has 0 aliphatic carbocycles. The minimum Gasteiger partial charge on any atom is -0.469 e. The predicted molar refractivity (Wildman–Crippen MR) is 52.5 cm³/mol. The van der Waals surface area contributed by atoms with Crippen molar-refractivity contribution in [2.45, 2.75) is 13.3 Å². The molecule has 0 aliphatic rings. The van der Waals surface area contributed by atoms with Crippen LogP contribution in [0.2, 0.25) is 0 Å². The van der Waals surface area contributed by atoms with Crippen molar-refractivity contribution in [1.29, 1.82) is 0 Å². The summed E-state index contributed by atoms with van der Waals surface area (Å²) in [6.45, 7) is 1.94. The Hall–Kier alpha value is -1.91. The summed E-state index contributed by atoms with van der Waals surface area (Å²) in [5, 5.41) is 7.81. The molecule has 0 radical (unpaired) electrons. The Bertz CT molecular complexity index is 484. The fourth-order valence-electron chi connectivity index (χ4n) is 1.40. The van der Waals surface area contributed by atoms with Gasteiger partial charge in [0.1, 0.15) is 5.76 Å². The molecule has 5 heteroatoms. The van der Waals surface area contributed by atoms with Gasteiger partial charge in [0.05, 0.1) is 18.0 Å². The molecular formula is C10H11N3O2. The number of ketones is 1. The standard InChI is InChI=1S/C10H11N3O2/c1-3-9-7(4-5-15-9)10(14)8-6-11-13(2)12-8/h4-6H,3H2,1-2H3. The molecule has 0 unspecified atom stereocenters. The van der Waals surface area contributed by atoms with Gasteiger partial charge >= 0.3 is 0 Å². The molecule has 0 atom stereocenters. The monoisotopic (exact) mass is 205 g/mol. The fourth-order valence-corrected chi connectivity index (χ4v) is 1.40. The quantitative estimate of drug-likeness (QED) is 0.706. The smallest absolute Gasteiger partial charge is 0.218 e. The number of aryl methyl sites for hydroxylation is 2. The van der Waals surface area contributed by atoms with E-state index in [1.54, 1.807) is 13.1 Å². The zero-order valence-corrected chi connectivity index (χ0v) is 8.60. The Labute approximate surface area is 86.7 Å². The molecule has 78 valence electrons. The third-order valence-electron chi connectivity index (χ3n) is 2.14. The first kappa shape index (κ1) is 9.64. The van der Waals surface area contributed by atoms with Crippen LogP contribution in [-0.4, -0.2) is 20.8 Å². The SMILES string of the molecule is CCc1occc1C(=O)c1cnn(C)n1. The van der Waals surface area contributed by atoms with Crippen molar-refractivity contribution in [3.63, 3.8) is 0 Å². The van der Waals surface area contributed by atoms with Crippen molar-refractivity contribution in [3.8, 4) is 0 Å². The highest BCUT2D eigenvalue weighted by atomic mass is 16.3. The zero-order valence-electron chi connectivity index (χ0n) is 8.60. The predicted octanol–water partition coefficient (Wildman–Crippen LogP) is 1.20. The van der Waals surface area contributed by atoms with Gasteiger partial charge in [0.2, 0.25) is 5.78 Å². The number of aromatic nitrogens is 3. The second-order valence-electron chi connectivity index (χ2n) is 3.16. The Kier molecular flexibility index (Phi) is 2.37. The highest BCUT2D eigenvalue weighted by Crippen LogP contribution is 2.14. The topological polar surface area (TPSA) is 60.9 Å². The van der Waals surface area contributed by atoms with Crippen LogP contribution in [0.25, 0.3) is 0 Å². The highest BCUT2D eigenvalue weighted by Gasteiger charge is 2.17. The van der Waals surface area contributed by atoms with Crippen LogP contribution in [0.4, 0.5) is 0 Å². The van der Waals surface area contributed by atoms with E-state index in [1.165, 1.54) is 17.3 Å². The number of hydrogen-bond donors (Lipinski definition) is 0. The van der Waals surface area contributed by atoms with Gasteiger partial charge in [0, 0.05) is 13.5 Å². The summed E-state index contributed by atoms with van der Waals surface area (Å²) in [6, 6.07) is 1.66. The summed E-state index contributed by atoms with van der Waals surface area (Å²) >= 11 is 0. The molecule has 0 bridgehead atoms. The molecule has 0 spiro atoms. The Morgan fingerprint density at radius 2 is 2.40 bits per heavy atom. The zero-order chi connectivity index (χ0) is 10.8. The van der Waals surface area contributed by atoms with Crippen molar-refractivity contribution in [2.75, 3.05) is 0 Å². The molecule has 2 aromatic heterocycles. The van der Waals surface area contributed by atoms with E-state index in [0.717, 1.165) is 0 Å². The largest absolute Gasteiger partial charge is 0.469 e. The molecule has 2 rings (SSSR count). The number of nitrogens with zero attached hydrogens (tertiary/aromatic N) is 3. The molecule has 2 heterocycles. The molecule has 0 fully saturated rings. The first-order chi connectivity index (χ1) is 7.22. The van der Waals surface area contributed by atoms with E-state index in [9.17, 15) is 4.79 Å². The summed E-state index contributed by atoms with van der Waals surface area (Å²) < 4.78 is 5.19. The molecule has 2 aromatic rings. The maximum Gasteiger partial charge on any atom is 0.218 e. The molecule has 0 amide bonds. The lowest BCUT2D eigenvalue weighted by Gasteiger charge is -1.95. The minimum atomic E-state index is -0.145. The van der Waals surface area contributed by atoms with Crippen LogP contribution in [0.5, 0.6) is 0 Å². The van der Waals surface area contributed by atoms with E-state index < -0.39 is 0 Å². The lowest BCUT2D eigenvalue weighted by atomic mass is 10.1. The molecule has 0 N–H and O–H groups in total. The summed E-state index contributed by atoms with van der Waals surface area (Å²) in [5.41, 5.74) is 0.909. The van der Waals surface area contributed by atoms with E-state index in [2.05, 4.69) is 10.2 Å². The van der Waals surface area contributed by atoms with Crippen LogP contribution >= 0.6 is 0 Å². The van der Waals surface area contributed by atoms with Gasteiger partial charge in [0.15, 0.2) is 5.69 Å². The summed E-state index contributed by atoms with van der Waals surface area (Å²) in [5.74, 6) is 0.541. The van der Waals surface area contributed by atoms with E-state index in [4.69, 9.17) is 4.42 Å². The van der Waals surface area contributed by atoms with Crippen molar-refractivity contribution in [1.82, 2.24) is 15.0 Å². The molecule has 5 nitrogen and oxygen atoms in total. The van der Waals surface area contributed by atoms with Crippen LogP contribution in [0.3, 0.4) is 0 Å². The minimum absolute atomic E-state index is 0.145. The van der Waals surface area contributed by atoms with Crippen LogP contribution in [0.1, 0.15) is 28.7 Å². The third kappa shape index (κ3) is 1.68. The number of rotatable bonds is 3. The number of hydrogen-bond acceptors (Lipinski definition) is 4. The lowest BCUT2D eigenvalue weighted by Crippen LogP contribution is -2.04. The van der Waals surface area contributed by atoms with E-state index in [-0.39, 0.29) is 5.78 Å². The van der Waals surface area contributed by atoms with E-state index in [1.807, 2.05) is 6.92 Å². The summed E-state index contributed by atoms with van der Waals surface area (Å²) in [7, 11) is 1.67. The first-order valence-electron chi connectivity index (χ1n) is 4.69. The van der Waals surface area contributed by atoms with Gasteiger partial charge in [-0.25, -0.2) is 0 Å². The number of carbonyl (C=O) groups excluding carboxylic acids is 1. The average molecular weight is 205 g/mol. The molecular weight excluding hydrogens is 194 g/mol. The maximum atomic E-state index is 11.9. The Morgan fingerprint density at radius 3 is 3.00 bits per heavy atom. The van der Waals surface area contributed by atoms with Crippen LogP contribution in [0.15, 0.2) is 22.9 Å². The normalized spacial score (nSPS) is 10.5. The van der Waals surface area contributed by atoms with E-state index >= 15 is 0 Å². The van der Waals surface area contributed by atoms with Gasteiger partial charge in [-0.15, -0.1) is 0 Å². The van der Waals surface area contributed by atoms with Crippen molar-refractivity contribution >= 4 is 5.78 Å². The fraction of sp³-hybridized carbons (Fsp3) is 0.300. The highest BCUT2D eigenvalue weighted by molar-refractivity contribution is 6.08. The molecule has 0 saturated heterocycles. The van der Waals surface area contributed by atoms with Crippen LogP contribution in [-0.2, 0) is 13.5 Å².